The molecule has 0 rings (SSSR count). The molecule has 4 atom stereocenters. The zero-order valence-electron chi connectivity index (χ0n) is 21.6. The summed E-state index contributed by atoms with van der Waals surface area (Å²) in [6, 6.07) is -1.29. The Labute approximate surface area is 203 Å². The van der Waals surface area contributed by atoms with Gasteiger partial charge in [0.25, 0.3) is 0 Å². The quantitative estimate of drug-likeness (QED) is 0.159. The van der Waals surface area contributed by atoms with Gasteiger partial charge in [0.2, 0.25) is 0 Å². The summed E-state index contributed by atoms with van der Waals surface area (Å²) < 4.78 is 19.9. The van der Waals surface area contributed by atoms with Gasteiger partial charge < -0.3 is 29.6 Å². The van der Waals surface area contributed by atoms with Crippen molar-refractivity contribution >= 4 is 23.9 Å². The summed E-state index contributed by atoms with van der Waals surface area (Å²) in [6.07, 6.45) is 4.43. The summed E-state index contributed by atoms with van der Waals surface area (Å²) in [4.78, 5) is 47.7. The molecule has 4 unspecified atom stereocenters. The van der Waals surface area contributed by atoms with Crippen molar-refractivity contribution in [2.75, 3.05) is 27.4 Å². The second kappa shape index (κ2) is 19.1. The van der Waals surface area contributed by atoms with E-state index in [0.29, 0.717) is 12.8 Å². The number of carbonyl (C=O) groups excluding carboxylic acids is 4. The van der Waals surface area contributed by atoms with Crippen LogP contribution in [0.25, 0.3) is 0 Å². The van der Waals surface area contributed by atoms with Crippen LogP contribution in [0.3, 0.4) is 0 Å². The van der Waals surface area contributed by atoms with Crippen molar-refractivity contribution < 1.29 is 38.1 Å². The summed E-state index contributed by atoms with van der Waals surface area (Å²) in [7, 11) is 2.58. The molecule has 10 nitrogen and oxygen atoms in total. The van der Waals surface area contributed by atoms with Gasteiger partial charge in [0, 0.05) is 12.1 Å². The highest BCUT2D eigenvalue weighted by molar-refractivity contribution is 5.83. The predicted octanol–water partition coefficient (Wildman–Crippen LogP) is 2.27. The standard InChI is InChI=1S/C24H44N2O8/c1-7-17(3)25-19(23(29)31-5)15-21(27)33-13-11-9-10-12-14-34-22(28)16-20(24(30)32-6)26-18(4)8-2/h17-20,25-26H,7-16H2,1-6H3. The minimum Gasteiger partial charge on any atom is -0.468 e. The third-order valence-electron chi connectivity index (χ3n) is 5.47. The molecule has 0 aliphatic rings. The molecule has 2 N–H and O–H groups in total. The summed E-state index contributed by atoms with van der Waals surface area (Å²) in [5.41, 5.74) is 0. The number of esters is 4. The predicted molar refractivity (Wildman–Crippen MR) is 127 cm³/mol. The molecule has 0 aliphatic carbocycles. The van der Waals surface area contributed by atoms with Crippen LogP contribution < -0.4 is 10.6 Å². The molecule has 0 aromatic heterocycles. The molecule has 0 spiro atoms. The van der Waals surface area contributed by atoms with E-state index in [-0.39, 0.29) is 38.1 Å². The molecular formula is C24H44N2O8. The lowest BCUT2D eigenvalue weighted by molar-refractivity contribution is -0.151. The maximum Gasteiger partial charge on any atom is 0.323 e. The molecule has 0 saturated heterocycles. The molecule has 0 amide bonds. The fourth-order valence-corrected chi connectivity index (χ4v) is 3.01. The molecular weight excluding hydrogens is 444 g/mol. The number of methoxy groups -OCH3 is 2. The Morgan fingerprint density at radius 1 is 0.647 bits per heavy atom. The zero-order valence-corrected chi connectivity index (χ0v) is 21.6. The first-order valence-corrected chi connectivity index (χ1v) is 12.2. The smallest absolute Gasteiger partial charge is 0.323 e. The van der Waals surface area contributed by atoms with Crippen LogP contribution in [-0.4, -0.2) is 75.5 Å². The fraction of sp³-hybridized carbons (Fsp3) is 0.833. The normalized spacial score (nSPS) is 14.4. The number of nitrogens with one attached hydrogen (secondary N) is 2. The Morgan fingerprint density at radius 3 is 1.29 bits per heavy atom. The summed E-state index contributed by atoms with van der Waals surface area (Å²) in [5.74, 6) is -1.88. The maximum atomic E-state index is 12.0. The molecule has 0 bridgehead atoms. The van der Waals surface area contributed by atoms with E-state index in [0.717, 1.165) is 25.7 Å². The van der Waals surface area contributed by atoms with E-state index >= 15 is 0 Å². The Balaban J connectivity index is 4.05. The lowest BCUT2D eigenvalue weighted by Gasteiger charge is -2.20. The number of hydrogen-bond acceptors (Lipinski definition) is 10. The zero-order chi connectivity index (χ0) is 25.9. The Hall–Kier alpha value is -2.20. The number of hydrogen-bond donors (Lipinski definition) is 2. The molecule has 34 heavy (non-hydrogen) atoms. The van der Waals surface area contributed by atoms with Crippen LogP contribution in [0, 0.1) is 0 Å². The molecule has 0 heterocycles. The van der Waals surface area contributed by atoms with Gasteiger partial charge in [0.1, 0.15) is 12.1 Å². The Bertz CT molecular complexity index is 562. The van der Waals surface area contributed by atoms with Crippen molar-refractivity contribution in [3.05, 3.63) is 0 Å². The van der Waals surface area contributed by atoms with E-state index < -0.39 is 36.0 Å². The van der Waals surface area contributed by atoms with Crippen LogP contribution in [0.1, 0.15) is 79.1 Å². The van der Waals surface area contributed by atoms with Gasteiger partial charge in [-0.1, -0.05) is 13.8 Å². The van der Waals surface area contributed by atoms with E-state index in [4.69, 9.17) is 18.9 Å². The molecule has 0 aromatic rings. The maximum absolute atomic E-state index is 12.0. The van der Waals surface area contributed by atoms with Crippen LogP contribution in [0.15, 0.2) is 0 Å². The number of unbranched alkanes of at least 4 members (excludes halogenated alkanes) is 3. The van der Waals surface area contributed by atoms with Crippen LogP contribution in [0.4, 0.5) is 0 Å². The first kappa shape index (κ1) is 31.8. The summed E-state index contributed by atoms with van der Waals surface area (Å²) in [5, 5.41) is 6.14. The molecule has 0 radical (unpaired) electrons. The molecule has 0 aliphatic heterocycles. The monoisotopic (exact) mass is 488 g/mol. The van der Waals surface area contributed by atoms with Crippen molar-refractivity contribution in [3.63, 3.8) is 0 Å². The van der Waals surface area contributed by atoms with Gasteiger partial charge in [-0.2, -0.15) is 0 Å². The van der Waals surface area contributed by atoms with Crippen molar-refractivity contribution in [2.24, 2.45) is 0 Å². The van der Waals surface area contributed by atoms with Gasteiger partial charge in [-0.3, -0.25) is 19.2 Å². The minimum absolute atomic E-state index is 0.0773. The number of carbonyl (C=O) groups is 4. The van der Waals surface area contributed by atoms with Crippen molar-refractivity contribution in [2.45, 2.75) is 103 Å². The Kier molecular flexibility index (Phi) is 17.9. The fourth-order valence-electron chi connectivity index (χ4n) is 3.01. The van der Waals surface area contributed by atoms with Gasteiger partial charge in [-0.05, 0) is 52.4 Å². The SMILES string of the molecule is CCC(C)NC(CC(=O)OCCCCCCOC(=O)CC(NC(C)CC)C(=O)OC)C(=O)OC. The molecule has 0 saturated carbocycles. The average Bonchev–Trinajstić information content (AvgIpc) is 2.83. The van der Waals surface area contributed by atoms with E-state index in [1.54, 1.807) is 0 Å². The highest BCUT2D eigenvalue weighted by atomic mass is 16.5. The lowest BCUT2D eigenvalue weighted by Crippen LogP contribution is -2.44. The largest absolute Gasteiger partial charge is 0.468 e. The number of rotatable bonds is 19. The molecule has 0 aromatic carbocycles. The van der Waals surface area contributed by atoms with E-state index in [9.17, 15) is 19.2 Å². The second-order valence-electron chi connectivity index (χ2n) is 8.37. The van der Waals surface area contributed by atoms with Crippen LogP contribution in [0.5, 0.6) is 0 Å². The van der Waals surface area contributed by atoms with E-state index in [1.165, 1.54) is 14.2 Å². The summed E-state index contributed by atoms with van der Waals surface area (Å²) >= 11 is 0. The van der Waals surface area contributed by atoms with Gasteiger partial charge in [-0.15, -0.1) is 0 Å². The van der Waals surface area contributed by atoms with Gasteiger partial charge in [0.05, 0.1) is 40.3 Å². The first-order chi connectivity index (χ1) is 16.2. The lowest BCUT2D eigenvalue weighted by atomic mass is 10.1. The second-order valence-corrected chi connectivity index (χ2v) is 8.37. The molecule has 10 heteroatoms. The van der Waals surface area contributed by atoms with Crippen molar-refractivity contribution in [1.82, 2.24) is 10.6 Å². The highest BCUT2D eigenvalue weighted by Crippen LogP contribution is 2.06. The minimum atomic E-state index is -0.721. The topological polar surface area (TPSA) is 129 Å². The number of ether oxygens (including phenoxy) is 4. The van der Waals surface area contributed by atoms with Crippen molar-refractivity contribution in [3.8, 4) is 0 Å². The first-order valence-electron chi connectivity index (χ1n) is 12.2. The van der Waals surface area contributed by atoms with Gasteiger partial charge in [0.15, 0.2) is 0 Å². The molecule has 0 fully saturated rings. The van der Waals surface area contributed by atoms with Gasteiger partial charge in [-0.25, -0.2) is 0 Å². The van der Waals surface area contributed by atoms with Crippen LogP contribution in [-0.2, 0) is 38.1 Å². The summed E-state index contributed by atoms with van der Waals surface area (Å²) in [6.45, 7) is 8.35. The third kappa shape index (κ3) is 14.8. The average molecular weight is 489 g/mol. The van der Waals surface area contributed by atoms with Crippen LogP contribution >= 0.6 is 0 Å². The van der Waals surface area contributed by atoms with E-state index in [1.807, 2.05) is 27.7 Å². The van der Waals surface area contributed by atoms with Crippen LogP contribution in [0.2, 0.25) is 0 Å². The molecule has 198 valence electrons. The van der Waals surface area contributed by atoms with Crippen molar-refractivity contribution in [1.29, 1.82) is 0 Å². The van der Waals surface area contributed by atoms with E-state index in [2.05, 4.69) is 10.6 Å². The Morgan fingerprint density at radius 2 is 1.00 bits per heavy atom. The highest BCUT2D eigenvalue weighted by Gasteiger charge is 2.25. The van der Waals surface area contributed by atoms with Gasteiger partial charge >= 0.3 is 23.9 Å². The third-order valence-corrected chi connectivity index (χ3v) is 5.47.